The van der Waals surface area contributed by atoms with E-state index < -0.39 is 0 Å². The van der Waals surface area contributed by atoms with Crippen molar-refractivity contribution in [1.29, 1.82) is 0 Å². The van der Waals surface area contributed by atoms with Crippen LogP contribution in [0.5, 0.6) is 0 Å². The first-order chi connectivity index (χ1) is 19.0. The van der Waals surface area contributed by atoms with E-state index in [9.17, 15) is 0 Å². The summed E-state index contributed by atoms with van der Waals surface area (Å²) < 4.78 is 3.97. The summed E-state index contributed by atoms with van der Waals surface area (Å²) in [6.45, 7) is 7.07. The molecule has 6 aromatic rings. The Hall–Kier alpha value is -4.15. The maximum Gasteiger partial charge on any atom is 0.565 e. The highest BCUT2D eigenvalue weighted by Crippen LogP contribution is 2.44. The smallest absolute Gasteiger partial charge is 0.311 e. The lowest BCUT2D eigenvalue weighted by atomic mass is 9.45. The molecule has 0 amide bonds. The molecule has 0 saturated carbocycles. The first-order valence-corrected chi connectivity index (χ1v) is 14.5. The third-order valence-corrected chi connectivity index (χ3v) is 9.43. The first-order valence-electron chi connectivity index (χ1n) is 13.7. The number of para-hydroxylation sites is 3. The number of nitrogens with zero attached hydrogens (tertiary/aromatic N) is 2. The van der Waals surface area contributed by atoms with Crippen molar-refractivity contribution in [3.63, 3.8) is 0 Å². The van der Waals surface area contributed by atoms with Crippen LogP contribution in [0.25, 0.3) is 31.9 Å². The molecule has 8 rings (SSSR count). The van der Waals surface area contributed by atoms with Gasteiger partial charge >= 0.3 is 6.85 Å². The maximum atomic E-state index is 2.63. The maximum absolute atomic E-state index is 2.63. The lowest BCUT2D eigenvalue weighted by Gasteiger charge is -2.37. The molecular formula is C35H28BN2S+. The van der Waals surface area contributed by atoms with E-state index in [1.165, 1.54) is 65.5 Å². The van der Waals surface area contributed by atoms with E-state index in [1.807, 2.05) is 11.3 Å². The van der Waals surface area contributed by atoms with Crippen molar-refractivity contribution in [3.05, 3.63) is 121 Å². The van der Waals surface area contributed by atoms with Gasteiger partial charge in [-0.2, -0.15) is 0 Å². The molecule has 2 nitrogen and oxygen atoms in total. The summed E-state index contributed by atoms with van der Waals surface area (Å²) in [4.78, 5) is 2.49. The van der Waals surface area contributed by atoms with Crippen LogP contribution < -0.4 is 20.3 Å². The monoisotopic (exact) mass is 519 g/mol. The number of anilines is 3. The van der Waals surface area contributed by atoms with Crippen LogP contribution >= 0.6 is 11.3 Å². The fraction of sp³-hybridized carbons (Fsp3) is 0.114. The highest BCUT2D eigenvalue weighted by atomic mass is 32.1. The molecule has 1 aromatic heterocycles. The Bertz CT molecular complexity index is 1900. The first kappa shape index (κ1) is 22.8. The summed E-state index contributed by atoms with van der Waals surface area (Å²) in [7, 11) is 0. The number of fused-ring (bicyclic) bond motifs is 4. The average molecular weight is 520 g/mol. The molecule has 3 heterocycles. The topological polar surface area (TPSA) is 7.12 Å². The molecule has 2 aliphatic rings. The molecule has 186 valence electrons. The van der Waals surface area contributed by atoms with E-state index in [0.29, 0.717) is 0 Å². The van der Waals surface area contributed by atoms with E-state index in [-0.39, 0.29) is 12.3 Å². The second kappa shape index (κ2) is 8.18. The number of hydrogen-bond donors (Lipinski definition) is 0. The minimum absolute atomic E-state index is 0.0194. The third-order valence-electron chi connectivity index (χ3n) is 8.26. The molecule has 0 N–H and O–H groups in total. The largest absolute Gasteiger partial charge is 0.565 e. The summed E-state index contributed by atoms with van der Waals surface area (Å²) in [5.41, 5.74) is 13.2. The van der Waals surface area contributed by atoms with Crippen LogP contribution in [0.1, 0.15) is 26.3 Å². The fourth-order valence-electron chi connectivity index (χ4n) is 6.45. The van der Waals surface area contributed by atoms with Gasteiger partial charge in [0.15, 0.2) is 0 Å². The highest BCUT2D eigenvalue weighted by molar-refractivity contribution is 7.21. The normalized spacial score (nSPS) is 13.4. The summed E-state index contributed by atoms with van der Waals surface area (Å²) in [5, 5.41) is 1.31. The van der Waals surface area contributed by atoms with E-state index >= 15 is 0 Å². The summed E-state index contributed by atoms with van der Waals surface area (Å²) in [6.07, 6.45) is 0. The minimum atomic E-state index is 0.0194. The molecule has 5 aromatic carbocycles. The average Bonchev–Trinajstić information content (AvgIpc) is 3.35. The molecule has 0 saturated heterocycles. The van der Waals surface area contributed by atoms with Crippen LogP contribution in [0.2, 0.25) is 0 Å². The van der Waals surface area contributed by atoms with Crippen LogP contribution in [0.15, 0.2) is 115 Å². The van der Waals surface area contributed by atoms with E-state index in [0.717, 1.165) is 0 Å². The Morgan fingerprint density at radius 2 is 1.41 bits per heavy atom. The fourth-order valence-corrected chi connectivity index (χ4v) is 7.66. The number of hydrogen-bond acceptors (Lipinski definition) is 2. The van der Waals surface area contributed by atoms with Gasteiger partial charge < -0.3 is 4.90 Å². The van der Waals surface area contributed by atoms with Crippen LogP contribution in [0, 0.1) is 0 Å². The Kier molecular flexibility index (Phi) is 4.78. The zero-order chi connectivity index (χ0) is 26.3. The molecule has 0 bridgehead atoms. The van der Waals surface area contributed by atoms with Crippen LogP contribution in [-0.4, -0.2) is 6.85 Å². The number of thiazole rings is 1. The molecule has 4 heteroatoms. The second-order valence-corrected chi connectivity index (χ2v) is 12.7. The molecule has 0 unspecified atom stereocenters. The van der Waals surface area contributed by atoms with Crippen LogP contribution in [-0.2, 0) is 5.41 Å². The predicted octanol–water partition coefficient (Wildman–Crippen LogP) is 7.57. The quantitative estimate of drug-likeness (QED) is 0.214. The van der Waals surface area contributed by atoms with Gasteiger partial charge in [-0.3, -0.25) is 4.48 Å². The van der Waals surface area contributed by atoms with Crippen LogP contribution in [0.4, 0.5) is 17.1 Å². The molecule has 39 heavy (non-hydrogen) atoms. The van der Waals surface area contributed by atoms with E-state index in [1.54, 1.807) is 0 Å². The van der Waals surface area contributed by atoms with Gasteiger partial charge in [-0.1, -0.05) is 98.8 Å². The van der Waals surface area contributed by atoms with Crippen molar-refractivity contribution in [2.75, 3.05) is 4.90 Å². The number of aromatic nitrogens is 1. The van der Waals surface area contributed by atoms with Gasteiger partial charge in [0.05, 0.1) is 11.1 Å². The van der Waals surface area contributed by atoms with Crippen molar-refractivity contribution in [1.82, 2.24) is 0 Å². The van der Waals surface area contributed by atoms with Gasteiger partial charge in [-0.05, 0) is 65.1 Å². The van der Waals surface area contributed by atoms with Crippen molar-refractivity contribution < 1.29 is 4.48 Å². The Morgan fingerprint density at radius 3 is 2.18 bits per heavy atom. The Balaban J connectivity index is 1.56. The van der Waals surface area contributed by atoms with Crippen molar-refractivity contribution in [2.45, 2.75) is 26.2 Å². The molecule has 0 radical (unpaired) electrons. The zero-order valence-electron chi connectivity index (χ0n) is 22.3. The van der Waals surface area contributed by atoms with E-state index in [2.05, 4.69) is 145 Å². The van der Waals surface area contributed by atoms with Crippen molar-refractivity contribution in [2.24, 2.45) is 0 Å². The molecule has 0 fully saturated rings. The summed E-state index contributed by atoms with van der Waals surface area (Å²) in [5.74, 6) is 0. The summed E-state index contributed by atoms with van der Waals surface area (Å²) in [6, 6.07) is 42.5. The van der Waals surface area contributed by atoms with E-state index in [4.69, 9.17) is 0 Å². The highest BCUT2D eigenvalue weighted by Gasteiger charge is 2.52. The Labute approximate surface area is 233 Å². The van der Waals surface area contributed by atoms with Gasteiger partial charge in [0.2, 0.25) is 10.5 Å². The van der Waals surface area contributed by atoms with Crippen molar-refractivity contribution in [3.8, 4) is 21.7 Å². The molecule has 0 atom stereocenters. The van der Waals surface area contributed by atoms with Gasteiger partial charge in [0, 0.05) is 28.0 Å². The van der Waals surface area contributed by atoms with Gasteiger partial charge in [-0.15, -0.1) is 0 Å². The lowest BCUT2D eigenvalue weighted by molar-refractivity contribution is -0.485. The second-order valence-electron chi connectivity index (χ2n) is 11.6. The van der Waals surface area contributed by atoms with Gasteiger partial charge in [-0.25, -0.2) is 0 Å². The van der Waals surface area contributed by atoms with Gasteiger partial charge in [0.25, 0.3) is 0 Å². The SMILES string of the molecule is CC(C)(C)c1cc2c3c(c1)N(c1ccccc1)c1ccccc1B3[n+]1c(-c3ccccc3)sc3cccc-2c31. The molecule has 0 aliphatic carbocycles. The number of rotatable bonds is 2. The van der Waals surface area contributed by atoms with Crippen LogP contribution in [0.3, 0.4) is 0 Å². The molecular weight excluding hydrogens is 491 g/mol. The molecule has 0 spiro atoms. The minimum Gasteiger partial charge on any atom is -0.311 e. The van der Waals surface area contributed by atoms with Crippen molar-refractivity contribution >= 4 is 56.4 Å². The third kappa shape index (κ3) is 3.25. The molecule has 2 aliphatic heterocycles. The standard InChI is InChI=1S/C35H28BN2S/c1-35(2,3)24-21-27-26-17-12-20-31-33(26)38(34(39-31)23-13-6-4-7-14-23)36-28-18-10-11-19-29(28)37(30(22-24)32(27)36)25-15-8-5-9-16-25/h4-22H,1-3H3/q+1. The van der Waals surface area contributed by atoms with Gasteiger partial charge in [0.1, 0.15) is 4.70 Å². The zero-order valence-corrected chi connectivity index (χ0v) is 23.2. The lowest BCUT2D eigenvalue weighted by Crippen LogP contribution is -2.70. The predicted molar refractivity (Wildman–Crippen MR) is 167 cm³/mol. The summed E-state index contributed by atoms with van der Waals surface area (Å²) >= 11 is 1.91. The number of benzene rings is 5. The Morgan fingerprint density at radius 1 is 0.692 bits per heavy atom.